The first-order valence-corrected chi connectivity index (χ1v) is 7.23. The zero-order chi connectivity index (χ0) is 13.5. The van der Waals surface area contributed by atoms with Gasteiger partial charge in [0.2, 0.25) is 5.91 Å². The van der Waals surface area contributed by atoms with Crippen LogP contribution >= 0.6 is 0 Å². The predicted molar refractivity (Wildman–Crippen MR) is 76.0 cm³/mol. The molecular formula is C16H23NO2. The number of likely N-dealkylation sites (tertiary alicyclic amines) is 1. The highest BCUT2D eigenvalue weighted by molar-refractivity contribution is 5.78. The molecule has 3 nitrogen and oxygen atoms in total. The Bertz CT molecular complexity index is 391. The van der Waals surface area contributed by atoms with Crippen molar-refractivity contribution in [1.29, 1.82) is 0 Å². The summed E-state index contributed by atoms with van der Waals surface area (Å²) in [6.45, 7) is 4.54. The molecule has 0 aliphatic carbocycles. The first-order chi connectivity index (χ1) is 9.29. The summed E-state index contributed by atoms with van der Waals surface area (Å²) in [5.74, 6) is 0.219. The summed E-state index contributed by atoms with van der Waals surface area (Å²) in [5, 5.41) is 0. The average molecular weight is 261 g/mol. The van der Waals surface area contributed by atoms with Gasteiger partial charge in [-0.15, -0.1) is 0 Å². The molecular weight excluding hydrogens is 238 g/mol. The fourth-order valence-electron chi connectivity index (χ4n) is 2.47. The van der Waals surface area contributed by atoms with E-state index in [1.165, 1.54) is 0 Å². The number of carbonyl (C=O) groups excluding carboxylic acids is 1. The van der Waals surface area contributed by atoms with Crippen LogP contribution in [0.15, 0.2) is 30.3 Å². The minimum absolute atomic E-state index is 0.219. The highest BCUT2D eigenvalue weighted by Gasteiger charge is 2.23. The molecule has 0 aromatic heterocycles. The van der Waals surface area contributed by atoms with Crippen molar-refractivity contribution in [1.82, 2.24) is 4.90 Å². The van der Waals surface area contributed by atoms with Gasteiger partial charge in [0.25, 0.3) is 0 Å². The van der Waals surface area contributed by atoms with E-state index in [1.54, 1.807) is 0 Å². The highest BCUT2D eigenvalue weighted by Crippen LogP contribution is 2.15. The molecule has 2 rings (SSSR count). The largest absolute Gasteiger partial charge is 0.376 e. The number of hydrogen-bond acceptors (Lipinski definition) is 2. The molecule has 0 spiro atoms. The second kappa shape index (κ2) is 7.29. The van der Waals surface area contributed by atoms with Crippen molar-refractivity contribution in [3.8, 4) is 0 Å². The molecule has 1 saturated heterocycles. The molecule has 1 atom stereocenters. The second-order valence-electron chi connectivity index (χ2n) is 5.14. The minimum atomic E-state index is 0.219. The molecule has 1 aromatic carbocycles. The Kier molecular flexibility index (Phi) is 5.40. The second-order valence-corrected chi connectivity index (χ2v) is 5.14. The van der Waals surface area contributed by atoms with Crippen molar-refractivity contribution in [2.45, 2.75) is 38.7 Å². The zero-order valence-corrected chi connectivity index (χ0v) is 11.7. The lowest BCUT2D eigenvalue weighted by molar-refractivity contribution is -0.134. The lowest BCUT2D eigenvalue weighted by atomic mass is 10.1. The van der Waals surface area contributed by atoms with Gasteiger partial charge in [-0.05, 0) is 24.8 Å². The Morgan fingerprint density at radius 3 is 2.89 bits per heavy atom. The van der Waals surface area contributed by atoms with E-state index >= 15 is 0 Å². The molecule has 19 heavy (non-hydrogen) atoms. The van der Waals surface area contributed by atoms with Crippen LogP contribution in [0.3, 0.4) is 0 Å². The molecule has 0 saturated carbocycles. The van der Waals surface area contributed by atoms with Gasteiger partial charge in [0.05, 0.1) is 12.5 Å². The van der Waals surface area contributed by atoms with E-state index in [-0.39, 0.29) is 12.0 Å². The van der Waals surface area contributed by atoms with Crippen LogP contribution in [0, 0.1) is 0 Å². The van der Waals surface area contributed by atoms with Crippen molar-refractivity contribution < 1.29 is 9.53 Å². The lowest BCUT2D eigenvalue weighted by Gasteiger charge is -2.32. The molecule has 104 valence electrons. The normalized spacial score (nSPS) is 19.4. The Labute approximate surface area is 115 Å². The first kappa shape index (κ1) is 14.1. The van der Waals surface area contributed by atoms with Gasteiger partial charge in [-0.2, -0.15) is 0 Å². The highest BCUT2D eigenvalue weighted by atomic mass is 16.5. The minimum Gasteiger partial charge on any atom is -0.376 e. The van der Waals surface area contributed by atoms with Gasteiger partial charge >= 0.3 is 0 Å². The van der Waals surface area contributed by atoms with E-state index in [0.717, 1.165) is 44.5 Å². The van der Waals surface area contributed by atoms with Gasteiger partial charge < -0.3 is 9.64 Å². The average Bonchev–Trinajstić information content (AvgIpc) is 2.46. The number of benzene rings is 1. The molecule has 1 fully saturated rings. The van der Waals surface area contributed by atoms with E-state index in [9.17, 15) is 4.79 Å². The smallest absolute Gasteiger partial charge is 0.227 e. The molecule has 3 heteroatoms. The fourth-order valence-corrected chi connectivity index (χ4v) is 2.47. The van der Waals surface area contributed by atoms with Crippen LogP contribution in [0.4, 0.5) is 0 Å². The van der Waals surface area contributed by atoms with Gasteiger partial charge in [0, 0.05) is 19.7 Å². The van der Waals surface area contributed by atoms with Crippen LogP contribution < -0.4 is 0 Å². The van der Waals surface area contributed by atoms with Crippen LogP contribution in [0.5, 0.6) is 0 Å². The van der Waals surface area contributed by atoms with Crippen molar-refractivity contribution >= 4 is 5.91 Å². The maximum atomic E-state index is 12.3. The van der Waals surface area contributed by atoms with Crippen LogP contribution in [0.1, 0.15) is 31.7 Å². The molecule has 0 bridgehead atoms. The maximum Gasteiger partial charge on any atom is 0.227 e. The standard InChI is InChI=1S/C16H23NO2/c1-2-11-19-15-9-6-10-17(13-15)16(18)12-14-7-4-3-5-8-14/h3-5,7-8,15H,2,6,9-13H2,1H3. The van der Waals surface area contributed by atoms with Crippen molar-refractivity contribution in [3.63, 3.8) is 0 Å². The molecule has 0 radical (unpaired) electrons. The lowest BCUT2D eigenvalue weighted by Crippen LogP contribution is -2.44. The predicted octanol–water partition coefficient (Wildman–Crippen LogP) is 2.65. The Morgan fingerprint density at radius 1 is 1.37 bits per heavy atom. The van der Waals surface area contributed by atoms with Crippen molar-refractivity contribution in [3.05, 3.63) is 35.9 Å². The van der Waals surface area contributed by atoms with Crippen LogP contribution in [0.2, 0.25) is 0 Å². The molecule has 1 aliphatic heterocycles. The first-order valence-electron chi connectivity index (χ1n) is 7.23. The summed E-state index contributed by atoms with van der Waals surface area (Å²) in [6.07, 6.45) is 3.90. The number of nitrogens with zero attached hydrogens (tertiary/aromatic N) is 1. The van der Waals surface area contributed by atoms with E-state index in [0.29, 0.717) is 6.42 Å². The maximum absolute atomic E-state index is 12.3. The molecule has 1 heterocycles. The van der Waals surface area contributed by atoms with Gasteiger partial charge in [-0.25, -0.2) is 0 Å². The molecule has 0 N–H and O–H groups in total. The Morgan fingerprint density at radius 2 is 2.16 bits per heavy atom. The van der Waals surface area contributed by atoms with Gasteiger partial charge in [0.15, 0.2) is 0 Å². The SMILES string of the molecule is CCCOC1CCCN(C(=O)Cc2ccccc2)C1. The number of carbonyl (C=O) groups is 1. The number of amides is 1. The van der Waals surface area contributed by atoms with E-state index in [4.69, 9.17) is 4.74 Å². The van der Waals surface area contributed by atoms with Gasteiger partial charge in [-0.1, -0.05) is 37.3 Å². The topological polar surface area (TPSA) is 29.5 Å². The third kappa shape index (κ3) is 4.35. The van der Waals surface area contributed by atoms with Crippen LogP contribution in [0.25, 0.3) is 0 Å². The summed E-state index contributed by atoms with van der Waals surface area (Å²) in [5.41, 5.74) is 1.09. The molecule has 1 unspecified atom stereocenters. The van der Waals surface area contributed by atoms with Crippen molar-refractivity contribution in [2.75, 3.05) is 19.7 Å². The summed E-state index contributed by atoms with van der Waals surface area (Å²) in [4.78, 5) is 14.2. The Balaban J connectivity index is 1.85. The van der Waals surface area contributed by atoms with Gasteiger partial charge in [-0.3, -0.25) is 4.79 Å². The summed E-state index contributed by atoms with van der Waals surface area (Å²) < 4.78 is 5.77. The monoisotopic (exact) mass is 261 g/mol. The Hall–Kier alpha value is -1.35. The quantitative estimate of drug-likeness (QED) is 0.815. The summed E-state index contributed by atoms with van der Waals surface area (Å²) >= 11 is 0. The van der Waals surface area contributed by atoms with E-state index in [1.807, 2.05) is 35.2 Å². The van der Waals surface area contributed by atoms with E-state index < -0.39 is 0 Å². The number of ether oxygens (including phenoxy) is 1. The van der Waals surface area contributed by atoms with E-state index in [2.05, 4.69) is 6.92 Å². The number of hydrogen-bond donors (Lipinski definition) is 0. The fraction of sp³-hybridized carbons (Fsp3) is 0.562. The third-order valence-corrected chi connectivity index (χ3v) is 3.49. The molecule has 1 aromatic rings. The number of piperidine rings is 1. The van der Waals surface area contributed by atoms with Gasteiger partial charge in [0.1, 0.15) is 0 Å². The molecule has 1 aliphatic rings. The number of rotatable bonds is 5. The van der Waals surface area contributed by atoms with Crippen LogP contribution in [-0.2, 0) is 16.0 Å². The third-order valence-electron chi connectivity index (χ3n) is 3.49. The summed E-state index contributed by atoms with van der Waals surface area (Å²) in [7, 11) is 0. The zero-order valence-electron chi connectivity index (χ0n) is 11.7. The van der Waals surface area contributed by atoms with Crippen molar-refractivity contribution in [2.24, 2.45) is 0 Å². The summed E-state index contributed by atoms with van der Waals surface area (Å²) in [6, 6.07) is 9.95. The van der Waals surface area contributed by atoms with Crippen LogP contribution in [-0.4, -0.2) is 36.6 Å². The molecule has 1 amide bonds.